The van der Waals surface area contributed by atoms with Gasteiger partial charge < -0.3 is 21.8 Å². The van der Waals surface area contributed by atoms with E-state index in [0.29, 0.717) is 24.4 Å². The summed E-state index contributed by atoms with van der Waals surface area (Å²) >= 11 is 0. The second-order valence-electron chi connectivity index (χ2n) is 9.90. The number of anilines is 2. The minimum absolute atomic E-state index is 0.0494. The molecule has 1 amide bonds. The molecule has 2 aliphatic rings. The number of benzene rings is 1. The quantitative estimate of drug-likeness (QED) is 0.308. The van der Waals surface area contributed by atoms with E-state index in [2.05, 4.69) is 54.3 Å². The van der Waals surface area contributed by atoms with E-state index in [4.69, 9.17) is 5.73 Å². The molecule has 5 N–H and O–H groups in total. The van der Waals surface area contributed by atoms with Gasteiger partial charge in [0, 0.05) is 53.3 Å². The number of fused-ring (bicyclic) bond motifs is 2. The highest BCUT2D eigenvalue weighted by atomic mass is 16.1. The minimum Gasteiger partial charge on any atom is -0.400 e. The van der Waals surface area contributed by atoms with Gasteiger partial charge in [0.15, 0.2) is 0 Å². The van der Waals surface area contributed by atoms with Crippen LogP contribution in [0.25, 0.3) is 22.4 Å². The van der Waals surface area contributed by atoms with Gasteiger partial charge in [0.05, 0.1) is 41.7 Å². The monoisotopic (exact) mass is 516 g/mol. The van der Waals surface area contributed by atoms with E-state index in [1.165, 1.54) is 0 Å². The summed E-state index contributed by atoms with van der Waals surface area (Å²) in [5.74, 6) is -0.169. The van der Waals surface area contributed by atoms with Gasteiger partial charge in [-0.15, -0.1) is 0 Å². The standard InChI is InChI=1S/C30H28N8O/c1-17(2)30(39)36-21-9-20(12-32-14-21)18-6-7-19-13-35-38-28(22(19)10-18)29-25(31)11-23-24(15-33-16-27(23)37-29)26-5-3-4-8-34-26/h3-10,12,14-17,35,37H,11,13,31H2,1-2H3,(H,36,39). The van der Waals surface area contributed by atoms with Crippen molar-refractivity contribution in [1.82, 2.24) is 20.4 Å². The molecule has 6 rings (SSSR count). The molecule has 0 spiro atoms. The van der Waals surface area contributed by atoms with Gasteiger partial charge in [-0.1, -0.05) is 32.0 Å². The van der Waals surface area contributed by atoms with Crippen molar-refractivity contribution in [2.45, 2.75) is 26.8 Å². The van der Waals surface area contributed by atoms with E-state index in [9.17, 15) is 4.79 Å². The summed E-state index contributed by atoms with van der Waals surface area (Å²) in [6.07, 6.45) is 9.40. The Hall–Kier alpha value is -5.05. The predicted molar refractivity (Wildman–Crippen MR) is 153 cm³/mol. The number of pyridine rings is 3. The number of amides is 1. The molecule has 4 aromatic rings. The van der Waals surface area contributed by atoms with Gasteiger partial charge in [-0.25, -0.2) is 0 Å². The average molecular weight is 517 g/mol. The molecular formula is C30H28N8O. The Morgan fingerprint density at radius 3 is 2.69 bits per heavy atom. The molecule has 9 heteroatoms. The lowest BCUT2D eigenvalue weighted by molar-refractivity contribution is -0.118. The number of allylic oxidation sites excluding steroid dienone is 2. The number of hydrogen-bond acceptors (Lipinski definition) is 8. The number of carbonyl (C=O) groups excluding carboxylic acids is 1. The van der Waals surface area contributed by atoms with Crippen molar-refractivity contribution in [3.05, 3.63) is 102 Å². The molecule has 0 saturated heterocycles. The van der Waals surface area contributed by atoms with Crippen LogP contribution in [0.5, 0.6) is 0 Å². The third kappa shape index (κ3) is 4.70. The zero-order valence-electron chi connectivity index (χ0n) is 21.7. The Morgan fingerprint density at radius 2 is 1.87 bits per heavy atom. The van der Waals surface area contributed by atoms with Crippen LogP contribution in [0.3, 0.4) is 0 Å². The van der Waals surface area contributed by atoms with Crippen molar-refractivity contribution in [2.75, 3.05) is 10.6 Å². The van der Waals surface area contributed by atoms with Gasteiger partial charge in [0.1, 0.15) is 5.71 Å². The SMILES string of the molecule is CC(C)C(=O)Nc1cncc(-c2ccc3c(c2)C(C2=C(N)Cc4c(cncc4-c4ccccn4)N2)=NNC3)c1. The molecule has 1 aromatic carbocycles. The molecule has 0 fully saturated rings. The molecule has 2 aliphatic heterocycles. The highest BCUT2D eigenvalue weighted by molar-refractivity contribution is 6.16. The van der Waals surface area contributed by atoms with Crippen molar-refractivity contribution in [3.8, 4) is 22.4 Å². The molecule has 5 heterocycles. The summed E-state index contributed by atoms with van der Waals surface area (Å²) in [6.45, 7) is 4.33. The molecule has 0 aliphatic carbocycles. The summed E-state index contributed by atoms with van der Waals surface area (Å²) < 4.78 is 0. The minimum atomic E-state index is -0.120. The summed E-state index contributed by atoms with van der Waals surface area (Å²) in [4.78, 5) is 25.5. The largest absolute Gasteiger partial charge is 0.400 e. The molecule has 0 saturated carbocycles. The first-order chi connectivity index (χ1) is 19.0. The lowest BCUT2D eigenvalue weighted by atomic mass is 9.91. The molecule has 0 atom stereocenters. The molecule has 39 heavy (non-hydrogen) atoms. The molecule has 9 nitrogen and oxygen atoms in total. The maximum atomic E-state index is 12.2. The summed E-state index contributed by atoms with van der Waals surface area (Å²) in [5.41, 5.74) is 20.3. The molecule has 194 valence electrons. The zero-order valence-corrected chi connectivity index (χ0v) is 21.7. The summed E-state index contributed by atoms with van der Waals surface area (Å²) in [6, 6.07) is 14.0. The van der Waals surface area contributed by atoms with E-state index in [1.807, 2.05) is 50.5 Å². The Balaban J connectivity index is 1.34. The number of aromatic nitrogens is 3. The van der Waals surface area contributed by atoms with Crippen LogP contribution < -0.4 is 21.8 Å². The number of rotatable bonds is 5. The van der Waals surface area contributed by atoms with Crippen LogP contribution in [0.4, 0.5) is 11.4 Å². The molecular weight excluding hydrogens is 488 g/mol. The zero-order chi connectivity index (χ0) is 26.9. The van der Waals surface area contributed by atoms with Crippen LogP contribution >= 0.6 is 0 Å². The fourth-order valence-electron chi connectivity index (χ4n) is 4.77. The summed E-state index contributed by atoms with van der Waals surface area (Å²) in [7, 11) is 0. The predicted octanol–water partition coefficient (Wildman–Crippen LogP) is 4.45. The highest BCUT2D eigenvalue weighted by Crippen LogP contribution is 2.35. The normalized spacial score (nSPS) is 14.1. The van der Waals surface area contributed by atoms with Gasteiger partial charge in [0.25, 0.3) is 0 Å². The number of nitrogens with one attached hydrogen (secondary N) is 3. The Morgan fingerprint density at radius 1 is 1.00 bits per heavy atom. The van der Waals surface area contributed by atoms with E-state index in [1.54, 1.807) is 18.6 Å². The number of nitrogens with zero attached hydrogens (tertiary/aromatic N) is 4. The summed E-state index contributed by atoms with van der Waals surface area (Å²) in [5, 5.41) is 11.1. The van der Waals surface area contributed by atoms with Crippen molar-refractivity contribution in [3.63, 3.8) is 0 Å². The maximum Gasteiger partial charge on any atom is 0.226 e. The molecule has 0 unspecified atom stereocenters. The highest BCUT2D eigenvalue weighted by Gasteiger charge is 2.27. The van der Waals surface area contributed by atoms with Gasteiger partial charge in [-0.2, -0.15) is 5.10 Å². The van der Waals surface area contributed by atoms with Crippen molar-refractivity contribution >= 4 is 23.0 Å². The number of hydrazone groups is 1. The van der Waals surface area contributed by atoms with Gasteiger partial charge in [0.2, 0.25) is 5.91 Å². The van der Waals surface area contributed by atoms with Crippen LogP contribution in [0, 0.1) is 5.92 Å². The Labute approximate surface area is 226 Å². The third-order valence-electron chi connectivity index (χ3n) is 6.87. The van der Waals surface area contributed by atoms with Gasteiger partial charge >= 0.3 is 0 Å². The van der Waals surface area contributed by atoms with Crippen molar-refractivity contribution < 1.29 is 4.79 Å². The Bertz CT molecular complexity index is 1640. The Kier molecular flexibility index (Phi) is 6.24. The fraction of sp³-hybridized carbons (Fsp3) is 0.167. The van der Waals surface area contributed by atoms with E-state index >= 15 is 0 Å². The van der Waals surface area contributed by atoms with Crippen LogP contribution in [0.15, 0.2) is 89.9 Å². The second kappa shape index (κ2) is 10.0. The number of nitrogens with two attached hydrogens (primary N) is 1. The van der Waals surface area contributed by atoms with Crippen LogP contribution in [0.1, 0.15) is 30.5 Å². The molecule has 0 radical (unpaired) electrons. The smallest absolute Gasteiger partial charge is 0.226 e. The van der Waals surface area contributed by atoms with Crippen LogP contribution in [-0.4, -0.2) is 26.6 Å². The topological polar surface area (TPSA) is 130 Å². The number of hydrogen-bond donors (Lipinski definition) is 4. The molecule has 0 bridgehead atoms. The van der Waals surface area contributed by atoms with Crippen molar-refractivity contribution in [2.24, 2.45) is 16.8 Å². The number of carbonyl (C=O) groups is 1. The fourth-order valence-corrected chi connectivity index (χ4v) is 4.77. The van der Waals surface area contributed by atoms with Crippen LogP contribution in [0.2, 0.25) is 0 Å². The van der Waals surface area contributed by atoms with Crippen molar-refractivity contribution in [1.29, 1.82) is 0 Å². The average Bonchev–Trinajstić information content (AvgIpc) is 2.96. The van der Waals surface area contributed by atoms with E-state index < -0.39 is 0 Å². The first-order valence-corrected chi connectivity index (χ1v) is 12.8. The van der Waals surface area contributed by atoms with E-state index in [0.717, 1.165) is 56.2 Å². The van der Waals surface area contributed by atoms with E-state index in [-0.39, 0.29) is 11.8 Å². The second-order valence-corrected chi connectivity index (χ2v) is 9.90. The maximum absolute atomic E-state index is 12.2. The van der Waals surface area contributed by atoms with Crippen LogP contribution in [-0.2, 0) is 17.8 Å². The first-order valence-electron chi connectivity index (χ1n) is 12.8. The first kappa shape index (κ1) is 24.3. The van der Waals surface area contributed by atoms with Gasteiger partial charge in [-0.05, 0) is 41.0 Å². The molecule has 3 aromatic heterocycles. The lowest BCUT2D eigenvalue weighted by Gasteiger charge is -2.27. The third-order valence-corrected chi connectivity index (χ3v) is 6.87. The van der Waals surface area contributed by atoms with Gasteiger partial charge in [-0.3, -0.25) is 19.7 Å². The lowest BCUT2D eigenvalue weighted by Crippen LogP contribution is -2.30.